The molecule has 1 spiro atoms. The Morgan fingerprint density at radius 3 is 1.58 bits per heavy atom. The van der Waals surface area contributed by atoms with E-state index in [2.05, 4.69) is 121 Å². The van der Waals surface area contributed by atoms with Gasteiger partial charge in [0, 0.05) is 22.3 Å². The average Bonchev–Trinajstić information content (AvgIpc) is 3.84. The highest BCUT2D eigenvalue weighted by atomic mass is 16.3. The standard InChI is InChI=1S/C44H27N3O/c1-3-12-28(13-4-1)30-16-11-17-31(26-30)42-45-41(29-14-5-2-6-15-29)46-43(47-42)32-22-23-35-33-18-7-9-20-37(33)44(39(35)27-32)38-21-10-8-19-34(38)36-24-25-48-40(36)44/h1-27H. The molecule has 4 nitrogen and oxygen atoms in total. The summed E-state index contributed by atoms with van der Waals surface area (Å²) in [6.45, 7) is 0. The Labute approximate surface area is 278 Å². The molecule has 0 saturated heterocycles. The minimum Gasteiger partial charge on any atom is -0.467 e. The van der Waals surface area contributed by atoms with Gasteiger partial charge in [0.1, 0.15) is 11.2 Å². The van der Waals surface area contributed by atoms with Crippen LogP contribution in [0.5, 0.6) is 0 Å². The molecule has 6 aromatic carbocycles. The second kappa shape index (κ2) is 10.3. The molecule has 1 atom stereocenters. The van der Waals surface area contributed by atoms with Gasteiger partial charge in [-0.25, -0.2) is 15.0 Å². The molecule has 0 radical (unpaired) electrons. The summed E-state index contributed by atoms with van der Waals surface area (Å²) in [5, 5.41) is 0. The van der Waals surface area contributed by atoms with Crippen LogP contribution in [-0.4, -0.2) is 15.0 Å². The van der Waals surface area contributed by atoms with Gasteiger partial charge in [0.15, 0.2) is 17.5 Å². The molecule has 2 aliphatic rings. The zero-order valence-corrected chi connectivity index (χ0v) is 25.8. The van der Waals surface area contributed by atoms with Crippen LogP contribution in [0.15, 0.2) is 168 Å². The summed E-state index contributed by atoms with van der Waals surface area (Å²) >= 11 is 0. The van der Waals surface area contributed by atoms with E-state index in [-0.39, 0.29) is 0 Å². The van der Waals surface area contributed by atoms with Crippen molar-refractivity contribution in [1.82, 2.24) is 15.0 Å². The van der Waals surface area contributed by atoms with Crippen molar-refractivity contribution in [2.75, 3.05) is 0 Å². The Kier molecular flexibility index (Phi) is 5.75. The van der Waals surface area contributed by atoms with Gasteiger partial charge in [-0.2, -0.15) is 0 Å². The minimum absolute atomic E-state index is 0.570. The molecule has 0 aliphatic heterocycles. The van der Waals surface area contributed by atoms with Crippen LogP contribution in [0.3, 0.4) is 0 Å². The molecule has 2 heterocycles. The molecule has 4 heteroatoms. The second-order valence-corrected chi connectivity index (χ2v) is 12.4. The molecule has 0 fully saturated rings. The van der Waals surface area contributed by atoms with E-state index in [4.69, 9.17) is 19.4 Å². The van der Waals surface area contributed by atoms with Crippen LogP contribution in [0, 0.1) is 0 Å². The van der Waals surface area contributed by atoms with Gasteiger partial charge in [0.2, 0.25) is 0 Å². The fourth-order valence-electron chi connectivity index (χ4n) is 7.75. The predicted octanol–water partition coefficient (Wildman–Crippen LogP) is 10.5. The number of hydrogen-bond acceptors (Lipinski definition) is 4. The predicted molar refractivity (Wildman–Crippen MR) is 190 cm³/mol. The molecule has 10 rings (SSSR count). The summed E-state index contributed by atoms with van der Waals surface area (Å²) in [5.41, 5.74) is 12.9. The van der Waals surface area contributed by atoms with Crippen LogP contribution in [0.2, 0.25) is 0 Å². The van der Waals surface area contributed by atoms with Crippen molar-refractivity contribution in [3.05, 3.63) is 186 Å². The van der Waals surface area contributed by atoms with Crippen LogP contribution in [0.25, 0.3) is 67.5 Å². The molecule has 1 unspecified atom stereocenters. The molecule has 8 aromatic rings. The zero-order chi connectivity index (χ0) is 31.7. The maximum Gasteiger partial charge on any atom is 0.164 e. The lowest BCUT2D eigenvalue weighted by molar-refractivity contribution is 0.474. The van der Waals surface area contributed by atoms with E-state index in [0.717, 1.165) is 39.1 Å². The van der Waals surface area contributed by atoms with E-state index in [1.807, 2.05) is 42.7 Å². The molecule has 0 bridgehead atoms. The molecule has 2 aromatic heterocycles. The van der Waals surface area contributed by atoms with Gasteiger partial charge in [-0.1, -0.05) is 140 Å². The Balaban J connectivity index is 1.20. The summed E-state index contributed by atoms with van der Waals surface area (Å²) in [6.07, 6.45) is 1.82. The molecule has 48 heavy (non-hydrogen) atoms. The van der Waals surface area contributed by atoms with E-state index in [0.29, 0.717) is 17.5 Å². The first-order valence-electron chi connectivity index (χ1n) is 16.2. The quantitative estimate of drug-likeness (QED) is 0.198. The third-order valence-corrected chi connectivity index (χ3v) is 9.83. The van der Waals surface area contributed by atoms with Crippen molar-refractivity contribution in [2.45, 2.75) is 5.41 Å². The van der Waals surface area contributed by atoms with Gasteiger partial charge in [-0.05, 0) is 62.7 Å². The number of fused-ring (bicyclic) bond motifs is 10. The lowest BCUT2D eigenvalue weighted by atomic mass is 9.73. The number of benzene rings is 6. The summed E-state index contributed by atoms with van der Waals surface area (Å²) in [6, 6.07) is 55.1. The third kappa shape index (κ3) is 3.80. The number of aromatic nitrogens is 3. The summed E-state index contributed by atoms with van der Waals surface area (Å²) in [5.74, 6) is 2.86. The normalized spacial score (nSPS) is 15.2. The fraction of sp³-hybridized carbons (Fsp3) is 0.0227. The lowest BCUT2D eigenvalue weighted by Gasteiger charge is -2.28. The van der Waals surface area contributed by atoms with Gasteiger partial charge >= 0.3 is 0 Å². The Morgan fingerprint density at radius 1 is 0.354 bits per heavy atom. The second-order valence-electron chi connectivity index (χ2n) is 12.4. The van der Waals surface area contributed by atoms with Crippen molar-refractivity contribution in [3.63, 3.8) is 0 Å². The van der Waals surface area contributed by atoms with Gasteiger partial charge in [0.05, 0.1) is 6.26 Å². The minimum atomic E-state index is -0.570. The first-order valence-corrected chi connectivity index (χ1v) is 16.2. The highest BCUT2D eigenvalue weighted by molar-refractivity contribution is 5.94. The maximum atomic E-state index is 6.42. The van der Waals surface area contributed by atoms with E-state index >= 15 is 0 Å². The summed E-state index contributed by atoms with van der Waals surface area (Å²) in [7, 11) is 0. The molecule has 0 N–H and O–H groups in total. The van der Waals surface area contributed by atoms with Gasteiger partial charge in [-0.3, -0.25) is 0 Å². The first kappa shape index (κ1) is 26.8. The van der Waals surface area contributed by atoms with Crippen molar-refractivity contribution in [3.8, 4) is 67.5 Å². The average molecular weight is 614 g/mol. The summed E-state index contributed by atoms with van der Waals surface area (Å²) < 4.78 is 6.42. The number of nitrogens with zero attached hydrogens (tertiary/aromatic N) is 3. The van der Waals surface area contributed by atoms with E-state index < -0.39 is 5.41 Å². The Hall–Kier alpha value is -6.39. The highest BCUT2D eigenvalue weighted by Gasteiger charge is 2.54. The van der Waals surface area contributed by atoms with Gasteiger partial charge in [-0.15, -0.1) is 0 Å². The highest BCUT2D eigenvalue weighted by Crippen LogP contribution is 2.63. The van der Waals surface area contributed by atoms with Crippen molar-refractivity contribution < 1.29 is 4.42 Å². The zero-order valence-electron chi connectivity index (χ0n) is 25.8. The van der Waals surface area contributed by atoms with Crippen LogP contribution in [-0.2, 0) is 5.41 Å². The third-order valence-electron chi connectivity index (χ3n) is 9.83. The number of hydrogen-bond donors (Lipinski definition) is 0. The Morgan fingerprint density at radius 2 is 0.875 bits per heavy atom. The molecular formula is C44H27N3O. The van der Waals surface area contributed by atoms with Gasteiger partial charge in [0.25, 0.3) is 0 Å². The van der Waals surface area contributed by atoms with Crippen LogP contribution >= 0.6 is 0 Å². The number of rotatable bonds is 4. The van der Waals surface area contributed by atoms with Crippen LogP contribution in [0.1, 0.15) is 22.5 Å². The molecular weight excluding hydrogens is 587 g/mol. The van der Waals surface area contributed by atoms with E-state index in [9.17, 15) is 0 Å². The van der Waals surface area contributed by atoms with Crippen molar-refractivity contribution in [1.29, 1.82) is 0 Å². The van der Waals surface area contributed by atoms with E-state index in [1.165, 1.54) is 33.4 Å². The lowest BCUT2D eigenvalue weighted by Crippen LogP contribution is -2.25. The maximum absolute atomic E-state index is 6.42. The molecule has 0 saturated carbocycles. The van der Waals surface area contributed by atoms with Crippen molar-refractivity contribution >= 4 is 0 Å². The van der Waals surface area contributed by atoms with E-state index in [1.54, 1.807) is 0 Å². The molecule has 224 valence electrons. The monoisotopic (exact) mass is 613 g/mol. The molecule has 0 amide bonds. The van der Waals surface area contributed by atoms with Crippen molar-refractivity contribution in [2.24, 2.45) is 0 Å². The SMILES string of the molecule is c1ccc(-c2cccc(-c3nc(-c4ccccc4)nc(-c4ccc5c(c4)C4(c6ccccc6-5)c5ccccc5-c5ccoc54)n3)c2)cc1. The Bertz CT molecular complexity index is 2520. The molecule has 2 aliphatic carbocycles. The van der Waals surface area contributed by atoms with Crippen LogP contribution < -0.4 is 0 Å². The van der Waals surface area contributed by atoms with Gasteiger partial charge < -0.3 is 4.42 Å². The topological polar surface area (TPSA) is 51.8 Å². The van der Waals surface area contributed by atoms with Crippen LogP contribution in [0.4, 0.5) is 0 Å². The number of furan rings is 1. The fourth-order valence-corrected chi connectivity index (χ4v) is 7.75. The largest absolute Gasteiger partial charge is 0.467 e. The first-order chi connectivity index (χ1) is 23.8. The summed E-state index contributed by atoms with van der Waals surface area (Å²) in [4.78, 5) is 15.3. The smallest absolute Gasteiger partial charge is 0.164 e.